The SMILES string of the molecule is Cc1c([C@H](NC(=O)Nc2ccc(S(C)(=O)=O)cc2)C(C)C)oc2ccc(F)cc12. The van der Waals surface area contributed by atoms with E-state index in [1.807, 2.05) is 20.8 Å². The van der Waals surface area contributed by atoms with E-state index in [2.05, 4.69) is 10.6 Å². The molecule has 2 aromatic carbocycles. The Morgan fingerprint density at radius 3 is 2.34 bits per heavy atom. The Hall–Kier alpha value is -2.87. The summed E-state index contributed by atoms with van der Waals surface area (Å²) in [5.74, 6) is 0.234. The highest BCUT2D eigenvalue weighted by Gasteiger charge is 2.25. The Kier molecular flexibility index (Phi) is 5.66. The van der Waals surface area contributed by atoms with Crippen LogP contribution in [0.15, 0.2) is 51.8 Å². The van der Waals surface area contributed by atoms with E-state index in [4.69, 9.17) is 4.42 Å². The van der Waals surface area contributed by atoms with Gasteiger partial charge in [-0.05, 0) is 55.3 Å². The van der Waals surface area contributed by atoms with Crippen LogP contribution >= 0.6 is 0 Å². The third-order valence-corrected chi connectivity index (χ3v) is 5.84. The molecule has 3 aromatic rings. The van der Waals surface area contributed by atoms with E-state index in [0.717, 1.165) is 11.8 Å². The van der Waals surface area contributed by atoms with Crippen molar-refractivity contribution in [2.24, 2.45) is 5.92 Å². The van der Waals surface area contributed by atoms with Crippen molar-refractivity contribution in [1.29, 1.82) is 0 Å². The molecule has 0 saturated heterocycles. The Morgan fingerprint density at radius 1 is 1.10 bits per heavy atom. The predicted octanol–water partition coefficient (Wildman–Crippen LogP) is 4.80. The molecule has 0 bridgehead atoms. The number of nitrogens with one attached hydrogen (secondary N) is 2. The number of carbonyl (C=O) groups is 1. The first kappa shape index (κ1) is 20.9. The van der Waals surface area contributed by atoms with E-state index in [1.54, 1.807) is 6.07 Å². The van der Waals surface area contributed by atoms with E-state index in [-0.39, 0.29) is 16.6 Å². The van der Waals surface area contributed by atoms with Gasteiger partial charge in [0, 0.05) is 22.9 Å². The van der Waals surface area contributed by atoms with Crippen molar-refractivity contribution in [3.8, 4) is 0 Å². The fourth-order valence-electron chi connectivity index (χ4n) is 3.14. The molecule has 3 rings (SSSR count). The van der Waals surface area contributed by atoms with Gasteiger partial charge >= 0.3 is 6.03 Å². The second-order valence-corrected chi connectivity index (χ2v) is 9.36. The van der Waals surface area contributed by atoms with Crippen molar-refractivity contribution in [3.05, 3.63) is 59.6 Å². The number of aryl methyl sites for hydroxylation is 1. The van der Waals surface area contributed by atoms with Gasteiger partial charge in [0.15, 0.2) is 9.84 Å². The number of carbonyl (C=O) groups excluding carboxylic acids is 1. The summed E-state index contributed by atoms with van der Waals surface area (Å²) in [4.78, 5) is 12.7. The first-order valence-electron chi connectivity index (χ1n) is 9.12. The molecule has 1 atom stereocenters. The molecule has 29 heavy (non-hydrogen) atoms. The predicted molar refractivity (Wildman–Crippen MR) is 110 cm³/mol. The molecule has 6 nitrogen and oxygen atoms in total. The molecule has 0 spiro atoms. The standard InChI is InChI=1S/C21H23FN2O4S/c1-12(2)19(20-13(3)17-11-14(22)5-10-18(17)28-20)24-21(25)23-15-6-8-16(9-7-15)29(4,26)27/h5-12,19H,1-4H3,(H2,23,24,25)/t19-/m1/s1. The van der Waals surface area contributed by atoms with Crippen LogP contribution in [-0.4, -0.2) is 20.7 Å². The third kappa shape index (κ3) is 4.59. The lowest BCUT2D eigenvalue weighted by molar-refractivity contribution is 0.241. The van der Waals surface area contributed by atoms with E-state index in [0.29, 0.717) is 22.4 Å². The van der Waals surface area contributed by atoms with Crippen LogP contribution in [0.3, 0.4) is 0 Å². The lowest BCUT2D eigenvalue weighted by Gasteiger charge is -2.21. The fourth-order valence-corrected chi connectivity index (χ4v) is 3.77. The van der Waals surface area contributed by atoms with Gasteiger partial charge in [-0.25, -0.2) is 17.6 Å². The van der Waals surface area contributed by atoms with Gasteiger partial charge in [-0.2, -0.15) is 0 Å². The minimum absolute atomic E-state index is 0.0115. The topological polar surface area (TPSA) is 88.4 Å². The number of amides is 2. The summed E-state index contributed by atoms with van der Waals surface area (Å²) in [6, 6.07) is 9.35. The van der Waals surface area contributed by atoms with Crippen molar-refractivity contribution >= 4 is 32.5 Å². The zero-order valence-corrected chi connectivity index (χ0v) is 17.4. The van der Waals surface area contributed by atoms with Crippen LogP contribution < -0.4 is 10.6 Å². The van der Waals surface area contributed by atoms with Crippen LogP contribution in [0.2, 0.25) is 0 Å². The molecule has 0 aliphatic carbocycles. The Balaban J connectivity index is 1.81. The van der Waals surface area contributed by atoms with Crippen LogP contribution in [0.1, 0.15) is 31.2 Å². The van der Waals surface area contributed by atoms with Crippen LogP contribution in [-0.2, 0) is 9.84 Å². The highest BCUT2D eigenvalue weighted by atomic mass is 32.2. The Bertz CT molecular complexity index is 1150. The summed E-state index contributed by atoms with van der Waals surface area (Å²) in [5.41, 5.74) is 1.79. The van der Waals surface area contributed by atoms with Gasteiger partial charge in [0.1, 0.15) is 17.2 Å². The minimum atomic E-state index is -3.30. The second-order valence-electron chi connectivity index (χ2n) is 7.35. The van der Waals surface area contributed by atoms with Crippen LogP contribution in [0, 0.1) is 18.7 Å². The summed E-state index contributed by atoms with van der Waals surface area (Å²) >= 11 is 0. The van der Waals surface area contributed by atoms with Crippen LogP contribution in [0.25, 0.3) is 11.0 Å². The first-order chi connectivity index (χ1) is 13.6. The smallest absolute Gasteiger partial charge is 0.319 e. The van der Waals surface area contributed by atoms with Crippen molar-refractivity contribution in [2.45, 2.75) is 31.7 Å². The molecule has 0 unspecified atom stereocenters. The number of furan rings is 1. The first-order valence-corrected chi connectivity index (χ1v) is 11.0. The number of halogens is 1. The highest BCUT2D eigenvalue weighted by Crippen LogP contribution is 2.33. The second kappa shape index (κ2) is 7.87. The lowest BCUT2D eigenvalue weighted by atomic mass is 9.98. The molecule has 0 aliphatic heterocycles. The molecule has 154 valence electrons. The maximum absolute atomic E-state index is 13.6. The number of hydrogen-bond donors (Lipinski definition) is 2. The number of rotatable bonds is 5. The highest BCUT2D eigenvalue weighted by molar-refractivity contribution is 7.90. The zero-order valence-electron chi connectivity index (χ0n) is 16.6. The number of anilines is 1. The van der Waals surface area contributed by atoms with E-state index >= 15 is 0 Å². The van der Waals surface area contributed by atoms with Gasteiger partial charge in [0.05, 0.1) is 10.9 Å². The summed E-state index contributed by atoms with van der Waals surface area (Å²) in [7, 11) is -3.30. The van der Waals surface area contributed by atoms with Crippen LogP contribution in [0.4, 0.5) is 14.9 Å². The Morgan fingerprint density at radius 2 is 1.76 bits per heavy atom. The molecule has 0 radical (unpaired) electrons. The summed E-state index contributed by atoms with van der Waals surface area (Å²) < 4.78 is 42.6. The maximum Gasteiger partial charge on any atom is 0.319 e. The fraction of sp³-hybridized carbons (Fsp3) is 0.286. The van der Waals surface area contributed by atoms with Gasteiger partial charge in [-0.3, -0.25) is 0 Å². The van der Waals surface area contributed by atoms with Gasteiger partial charge in [-0.1, -0.05) is 13.8 Å². The maximum atomic E-state index is 13.6. The molecular weight excluding hydrogens is 395 g/mol. The van der Waals surface area contributed by atoms with Crippen molar-refractivity contribution in [2.75, 3.05) is 11.6 Å². The van der Waals surface area contributed by atoms with Gasteiger partial charge in [-0.15, -0.1) is 0 Å². The number of sulfone groups is 1. The monoisotopic (exact) mass is 418 g/mol. The van der Waals surface area contributed by atoms with E-state index in [9.17, 15) is 17.6 Å². The summed E-state index contributed by atoms with van der Waals surface area (Å²) in [6.07, 6.45) is 1.12. The summed E-state index contributed by atoms with van der Waals surface area (Å²) in [5, 5.41) is 6.25. The van der Waals surface area contributed by atoms with E-state index < -0.39 is 21.9 Å². The average Bonchev–Trinajstić information content (AvgIpc) is 2.95. The Labute approximate surface area is 169 Å². The molecule has 2 amide bonds. The number of benzene rings is 2. The average molecular weight is 418 g/mol. The molecular formula is C21H23FN2O4S. The van der Waals surface area contributed by atoms with E-state index in [1.165, 1.54) is 36.4 Å². The van der Waals surface area contributed by atoms with Crippen molar-refractivity contribution < 1.29 is 22.0 Å². The molecule has 1 heterocycles. The normalized spacial score (nSPS) is 12.9. The quantitative estimate of drug-likeness (QED) is 0.623. The van der Waals surface area contributed by atoms with Crippen LogP contribution in [0.5, 0.6) is 0 Å². The number of hydrogen-bond acceptors (Lipinski definition) is 4. The number of fused-ring (bicyclic) bond motifs is 1. The largest absolute Gasteiger partial charge is 0.459 e. The molecule has 0 aliphatic rings. The van der Waals surface area contributed by atoms with Crippen molar-refractivity contribution in [3.63, 3.8) is 0 Å². The molecule has 2 N–H and O–H groups in total. The van der Waals surface area contributed by atoms with Gasteiger partial charge in [0.25, 0.3) is 0 Å². The number of urea groups is 1. The van der Waals surface area contributed by atoms with Crippen molar-refractivity contribution in [1.82, 2.24) is 5.32 Å². The zero-order chi connectivity index (χ0) is 21.3. The minimum Gasteiger partial charge on any atom is -0.459 e. The molecule has 0 fully saturated rings. The third-order valence-electron chi connectivity index (χ3n) is 4.71. The molecule has 0 saturated carbocycles. The van der Waals surface area contributed by atoms with Gasteiger partial charge in [0.2, 0.25) is 0 Å². The lowest BCUT2D eigenvalue weighted by Crippen LogP contribution is -2.35. The molecule has 8 heteroatoms. The van der Waals surface area contributed by atoms with Gasteiger partial charge < -0.3 is 15.1 Å². The molecule has 1 aromatic heterocycles. The summed E-state index contributed by atoms with van der Waals surface area (Å²) in [6.45, 7) is 5.72.